The van der Waals surface area contributed by atoms with Gasteiger partial charge in [0, 0.05) is 32.2 Å². The van der Waals surface area contributed by atoms with Crippen molar-refractivity contribution in [3.05, 3.63) is 59.9 Å². The number of halogens is 1. The zero-order chi connectivity index (χ0) is 19.3. The van der Waals surface area contributed by atoms with Gasteiger partial charge in [-0.1, -0.05) is 18.2 Å². The van der Waals surface area contributed by atoms with Gasteiger partial charge in [0.15, 0.2) is 0 Å². The Hall–Kier alpha value is -2.15. The Labute approximate surface area is 159 Å². The molecule has 27 heavy (non-hydrogen) atoms. The SMILES string of the molecule is C[C@]1(O)CN(Cc2ccc(OCCN)cc2)CC[C@@H]1Oc1cccc(F)c1. The predicted octanol–water partition coefficient (Wildman–Crippen LogP) is 2.57. The number of rotatable bonds is 7. The van der Waals surface area contributed by atoms with E-state index in [0.717, 1.165) is 24.4 Å². The highest BCUT2D eigenvalue weighted by molar-refractivity contribution is 5.27. The highest BCUT2D eigenvalue weighted by atomic mass is 19.1. The van der Waals surface area contributed by atoms with E-state index in [4.69, 9.17) is 15.2 Å². The largest absolute Gasteiger partial charge is 0.492 e. The lowest BCUT2D eigenvalue weighted by Gasteiger charge is -2.42. The molecular weight excluding hydrogens is 347 g/mol. The van der Waals surface area contributed by atoms with Gasteiger partial charge in [-0.2, -0.15) is 0 Å². The molecule has 3 N–H and O–H groups in total. The summed E-state index contributed by atoms with van der Waals surface area (Å²) in [6, 6.07) is 13.9. The molecule has 0 amide bonds. The van der Waals surface area contributed by atoms with Gasteiger partial charge in [-0.3, -0.25) is 4.90 Å². The predicted molar refractivity (Wildman–Crippen MR) is 102 cm³/mol. The summed E-state index contributed by atoms with van der Waals surface area (Å²) in [6.07, 6.45) is 0.295. The van der Waals surface area contributed by atoms with Crippen LogP contribution in [0.3, 0.4) is 0 Å². The molecule has 0 radical (unpaired) electrons. The minimum absolute atomic E-state index is 0.344. The summed E-state index contributed by atoms with van der Waals surface area (Å²) < 4.78 is 24.7. The minimum atomic E-state index is -1.02. The van der Waals surface area contributed by atoms with Crippen LogP contribution >= 0.6 is 0 Å². The number of hydrogen-bond donors (Lipinski definition) is 2. The molecule has 2 atom stereocenters. The number of nitrogens with two attached hydrogens (primary N) is 1. The van der Waals surface area contributed by atoms with Crippen LogP contribution in [0.2, 0.25) is 0 Å². The van der Waals surface area contributed by atoms with Crippen LogP contribution < -0.4 is 15.2 Å². The number of benzene rings is 2. The maximum absolute atomic E-state index is 13.3. The van der Waals surface area contributed by atoms with Gasteiger partial charge in [-0.05, 0) is 43.2 Å². The first kappa shape index (κ1) is 19.6. The topological polar surface area (TPSA) is 68.0 Å². The van der Waals surface area contributed by atoms with E-state index in [1.807, 2.05) is 24.3 Å². The quantitative estimate of drug-likeness (QED) is 0.780. The molecule has 0 unspecified atom stereocenters. The van der Waals surface area contributed by atoms with Crippen LogP contribution in [0.4, 0.5) is 4.39 Å². The second-order valence-corrected chi connectivity index (χ2v) is 7.20. The van der Waals surface area contributed by atoms with Crippen LogP contribution in [0.15, 0.2) is 48.5 Å². The van der Waals surface area contributed by atoms with E-state index in [-0.39, 0.29) is 11.9 Å². The molecule has 0 saturated carbocycles. The van der Waals surface area contributed by atoms with Crippen molar-refractivity contribution in [2.24, 2.45) is 5.73 Å². The van der Waals surface area contributed by atoms with E-state index in [1.165, 1.54) is 12.1 Å². The first-order valence-electron chi connectivity index (χ1n) is 9.25. The summed E-state index contributed by atoms with van der Waals surface area (Å²) in [5.41, 5.74) is 5.57. The molecule has 1 saturated heterocycles. The average molecular weight is 374 g/mol. The summed E-state index contributed by atoms with van der Waals surface area (Å²) in [5, 5.41) is 10.9. The van der Waals surface area contributed by atoms with Crippen molar-refractivity contribution in [2.75, 3.05) is 26.2 Å². The van der Waals surface area contributed by atoms with Crippen molar-refractivity contribution in [3.8, 4) is 11.5 Å². The van der Waals surface area contributed by atoms with Crippen LogP contribution in [-0.2, 0) is 6.54 Å². The number of aliphatic hydroxyl groups is 1. The van der Waals surface area contributed by atoms with Crippen molar-refractivity contribution in [3.63, 3.8) is 0 Å². The van der Waals surface area contributed by atoms with Gasteiger partial charge >= 0.3 is 0 Å². The molecule has 0 spiro atoms. The molecular formula is C21H27FN2O3. The van der Waals surface area contributed by atoms with E-state index >= 15 is 0 Å². The molecule has 1 aliphatic rings. The number of β-amino-alcohol motifs (C(OH)–C–C–N with tert-alkyl or cyclic N) is 1. The zero-order valence-corrected chi connectivity index (χ0v) is 15.6. The minimum Gasteiger partial charge on any atom is -0.492 e. The van der Waals surface area contributed by atoms with Gasteiger partial charge < -0.3 is 20.3 Å². The Morgan fingerprint density at radius 1 is 1.22 bits per heavy atom. The van der Waals surface area contributed by atoms with Crippen molar-refractivity contribution in [1.82, 2.24) is 4.90 Å². The maximum atomic E-state index is 13.3. The summed E-state index contributed by atoms with van der Waals surface area (Å²) in [6.45, 7) is 4.78. The molecule has 0 aliphatic carbocycles. The summed E-state index contributed by atoms with van der Waals surface area (Å²) >= 11 is 0. The molecule has 0 bridgehead atoms. The summed E-state index contributed by atoms with van der Waals surface area (Å²) in [5.74, 6) is 0.906. The molecule has 2 aromatic rings. The smallest absolute Gasteiger partial charge is 0.129 e. The third-order valence-electron chi connectivity index (χ3n) is 4.74. The van der Waals surface area contributed by atoms with Gasteiger partial charge in [0.25, 0.3) is 0 Å². The fraction of sp³-hybridized carbons (Fsp3) is 0.429. The van der Waals surface area contributed by atoms with Crippen LogP contribution in [0.25, 0.3) is 0 Å². The standard InChI is InChI=1S/C21H27FN2O3/c1-21(25)15-24(14-16-5-7-18(8-6-16)26-12-10-23)11-9-20(21)27-19-4-2-3-17(22)13-19/h2-8,13,20,25H,9-12,14-15,23H2,1H3/t20-,21-/m0/s1. The van der Waals surface area contributed by atoms with Gasteiger partial charge in [0.2, 0.25) is 0 Å². The lowest BCUT2D eigenvalue weighted by molar-refractivity contribution is -0.0993. The van der Waals surface area contributed by atoms with Gasteiger partial charge in [-0.25, -0.2) is 4.39 Å². The van der Waals surface area contributed by atoms with E-state index < -0.39 is 5.60 Å². The molecule has 6 heteroatoms. The monoisotopic (exact) mass is 374 g/mol. The van der Waals surface area contributed by atoms with E-state index in [9.17, 15) is 9.50 Å². The van der Waals surface area contributed by atoms with Crippen LogP contribution in [0, 0.1) is 5.82 Å². The number of ether oxygens (including phenoxy) is 2. The van der Waals surface area contributed by atoms with Crippen LogP contribution in [0.1, 0.15) is 18.9 Å². The van der Waals surface area contributed by atoms with E-state index in [1.54, 1.807) is 19.1 Å². The molecule has 146 valence electrons. The van der Waals surface area contributed by atoms with Crippen molar-refractivity contribution in [2.45, 2.75) is 31.6 Å². The van der Waals surface area contributed by atoms with Gasteiger partial charge in [-0.15, -0.1) is 0 Å². The lowest BCUT2D eigenvalue weighted by Crippen LogP contribution is -2.56. The molecule has 1 fully saturated rings. The average Bonchev–Trinajstić information content (AvgIpc) is 2.63. The highest BCUT2D eigenvalue weighted by Gasteiger charge is 2.39. The Bertz CT molecular complexity index is 736. The Kier molecular flexibility index (Phi) is 6.31. The van der Waals surface area contributed by atoms with E-state index in [0.29, 0.717) is 31.9 Å². The van der Waals surface area contributed by atoms with Crippen LogP contribution in [0.5, 0.6) is 11.5 Å². The fourth-order valence-corrected chi connectivity index (χ4v) is 3.40. The Morgan fingerprint density at radius 3 is 2.67 bits per heavy atom. The Morgan fingerprint density at radius 2 is 2.00 bits per heavy atom. The second kappa shape index (κ2) is 8.69. The van der Waals surface area contributed by atoms with Gasteiger partial charge in [0.05, 0.1) is 0 Å². The van der Waals surface area contributed by atoms with Crippen molar-refractivity contribution in [1.29, 1.82) is 0 Å². The van der Waals surface area contributed by atoms with E-state index in [2.05, 4.69) is 4.90 Å². The molecule has 5 nitrogen and oxygen atoms in total. The molecule has 3 rings (SSSR count). The normalized spacial score (nSPS) is 23.2. The summed E-state index contributed by atoms with van der Waals surface area (Å²) in [7, 11) is 0. The fourth-order valence-electron chi connectivity index (χ4n) is 3.40. The number of hydrogen-bond acceptors (Lipinski definition) is 5. The first-order chi connectivity index (χ1) is 13.0. The molecule has 1 heterocycles. The summed E-state index contributed by atoms with van der Waals surface area (Å²) in [4.78, 5) is 2.20. The molecule has 0 aromatic heterocycles. The number of likely N-dealkylation sites (tertiary alicyclic amines) is 1. The number of nitrogens with zero attached hydrogens (tertiary/aromatic N) is 1. The maximum Gasteiger partial charge on any atom is 0.129 e. The number of piperidine rings is 1. The molecule has 2 aromatic carbocycles. The van der Waals surface area contributed by atoms with Crippen molar-refractivity contribution >= 4 is 0 Å². The first-order valence-corrected chi connectivity index (χ1v) is 9.25. The second-order valence-electron chi connectivity index (χ2n) is 7.20. The Balaban J connectivity index is 1.56. The zero-order valence-electron chi connectivity index (χ0n) is 15.6. The lowest BCUT2D eigenvalue weighted by atomic mass is 9.91. The van der Waals surface area contributed by atoms with Crippen LogP contribution in [-0.4, -0.2) is 48.0 Å². The third kappa shape index (κ3) is 5.42. The third-order valence-corrected chi connectivity index (χ3v) is 4.74. The van der Waals surface area contributed by atoms with Gasteiger partial charge in [0.1, 0.15) is 35.6 Å². The highest BCUT2D eigenvalue weighted by Crippen LogP contribution is 2.27. The molecule has 1 aliphatic heterocycles. The van der Waals surface area contributed by atoms with Crippen molar-refractivity contribution < 1.29 is 19.0 Å².